The van der Waals surface area contributed by atoms with Crippen molar-refractivity contribution in [1.82, 2.24) is 4.98 Å². The Kier molecular flexibility index (Phi) is 4.33. The second-order valence-corrected chi connectivity index (χ2v) is 3.74. The fraction of sp³-hybridized carbons (Fsp3) is 0.462. The summed E-state index contributed by atoms with van der Waals surface area (Å²) < 4.78 is 0. The summed E-state index contributed by atoms with van der Waals surface area (Å²) in [7, 11) is 0. The molecule has 2 nitrogen and oxygen atoms in total. The molecule has 80 valence electrons. The lowest BCUT2D eigenvalue weighted by Gasteiger charge is -2.12. The summed E-state index contributed by atoms with van der Waals surface area (Å²) in [5.74, 6) is 2.57. The molecule has 0 aliphatic carbocycles. The number of rotatable bonds is 4. The minimum absolute atomic E-state index is 0.438. The average molecular weight is 203 g/mol. The molecule has 0 aromatic carbocycles. The van der Waals surface area contributed by atoms with Crippen molar-refractivity contribution < 1.29 is 5.11 Å². The van der Waals surface area contributed by atoms with Gasteiger partial charge in [-0.1, -0.05) is 6.07 Å². The molecule has 1 N–H and O–H groups in total. The van der Waals surface area contributed by atoms with E-state index in [1.54, 1.807) is 0 Å². The van der Waals surface area contributed by atoms with Crippen molar-refractivity contribution in [2.45, 2.75) is 39.2 Å². The van der Waals surface area contributed by atoms with Crippen molar-refractivity contribution in [1.29, 1.82) is 0 Å². The third-order valence-electron chi connectivity index (χ3n) is 2.42. The highest BCUT2D eigenvalue weighted by atomic mass is 16.3. The Morgan fingerprint density at radius 2 is 2.20 bits per heavy atom. The Morgan fingerprint density at radius 3 is 2.80 bits per heavy atom. The summed E-state index contributed by atoms with van der Waals surface area (Å²) in [6.07, 6.45) is 6.99. The van der Waals surface area contributed by atoms with Crippen molar-refractivity contribution in [3.8, 4) is 12.3 Å². The number of nitrogens with zero attached hydrogens (tertiary/aromatic N) is 1. The lowest BCUT2D eigenvalue weighted by Crippen LogP contribution is -2.02. The number of hydrogen-bond acceptors (Lipinski definition) is 2. The zero-order valence-electron chi connectivity index (χ0n) is 9.33. The van der Waals surface area contributed by atoms with E-state index in [1.165, 1.54) is 0 Å². The van der Waals surface area contributed by atoms with Gasteiger partial charge in [0.2, 0.25) is 0 Å². The molecule has 1 aromatic rings. The molecule has 2 heteroatoms. The van der Waals surface area contributed by atoms with E-state index >= 15 is 0 Å². The van der Waals surface area contributed by atoms with E-state index in [4.69, 9.17) is 6.42 Å². The number of aliphatic hydroxyl groups is 1. The molecule has 0 aliphatic rings. The van der Waals surface area contributed by atoms with Crippen LogP contribution < -0.4 is 0 Å². The molecule has 1 atom stereocenters. The van der Waals surface area contributed by atoms with Gasteiger partial charge in [-0.15, -0.1) is 12.3 Å². The zero-order chi connectivity index (χ0) is 11.3. The molecule has 0 spiro atoms. The maximum Gasteiger partial charge on any atom is 0.0807 e. The van der Waals surface area contributed by atoms with Gasteiger partial charge in [-0.25, -0.2) is 0 Å². The van der Waals surface area contributed by atoms with E-state index in [0.717, 1.165) is 29.8 Å². The summed E-state index contributed by atoms with van der Waals surface area (Å²) in [5.41, 5.74) is 2.80. The Bertz CT molecular complexity index is 365. The quantitative estimate of drug-likeness (QED) is 0.602. The summed E-state index contributed by atoms with van der Waals surface area (Å²) >= 11 is 0. The molecular weight excluding hydrogens is 186 g/mol. The number of aryl methyl sites for hydroxylation is 2. The van der Waals surface area contributed by atoms with Gasteiger partial charge in [0.25, 0.3) is 0 Å². The van der Waals surface area contributed by atoms with Crippen molar-refractivity contribution in [3.05, 3.63) is 29.1 Å². The van der Waals surface area contributed by atoms with Crippen LogP contribution in [-0.4, -0.2) is 10.1 Å². The smallest absolute Gasteiger partial charge is 0.0807 e. The van der Waals surface area contributed by atoms with E-state index in [1.807, 2.05) is 26.0 Å². The highest BCUT2D eigenvalue weighted by Gasteiger charge is 2.10. The van der Waals surface area contributed by atoms with Gasteiger partial charge in [-0.05, 0) is 32.8 Å². The third kappa shape index (κ3) is 3.38. The molecule has 0 amide bonds. The molecule has 1 aromatic heterocycles. The van der Waals surface area contributed by atoms with Crippen molar-refractivity contribution >= 4 is 0 Å². The summed E-state index contributed by atoms with van der Waals surface area (Å²) in [6, 6.07) is 3.87. The van der Waals surface area contributed by atoms with Gasteiger partial charge in [0.1, 0.15) is 0 Å². The van der Waals surface area contributed by atoms with Gasteiger partial charge in [0.15, 0.2) is 0 Å². The van der Waals surface area contributed by atoms with Crippen LogP contribution in [0.25, 0.3) is 0 Å². The van der Waals surface area contributed by atoms with Gasteiger partial charge in [0.05, 0.1) is 6.10 Å². The van der Waals surface area contributed by atoms with Crippen LogP contribution in [0.1, 0.15) is 42.3 Å². The minimum Gasteiger partial charge on any atom is -0.388 e. The van der Waals surface area contributed by atoms with Crippen molar-refractivity contribution in [2.75, 3.05) is 0 Å². The van der Waals surface area contributed by atoms with Gasteiger partial charge < -0.3 is 5.11 Å². The first kappa shape index (κ1) is 11.7. The maximum absolute atomic E-state index is 9.91. The molecule has 0 saturated heterocycles. The maximum atomic E-state index is 9.91. The van der Waals surface area contributed by atoms with Gasteiger partial charge in [-0.3, -0.25) is 4.98 Å². The highest BCUT2D eigenvalue weighted by Crippen LogP contribution is 2.21. The monoisotopic (exact) mass is 203 g/mol. The molecule has 15 heavy (non-hydrogen) atoms. The van der Waals surface area contributed by atoms with Crippen LogP contribution in [0.15, 0.2) is 12.1 Å². The minimum atomic E-state index is -0.438. The van der Waals surface area contributed by atoms with Crippen LogP contribution >= 0.6 is 0 Å². The van der Waals surface area contributed by atoms with Gasteiger partial charge in [0, 0.05) is 23.4 Å². The molecule has 0 radical (unpaired) electrons. The summed E-state index contributed by atoms with van der Waals surface area (Å²) in [4.78, 5) is 4.32. The van der Waals surface area contributed by atoms with Crippen molar-refractivity contribution in [2.24, 2.45) is 0 Å². The topological polar surface area (TPSA) is 33.1 Å². The first-order valence-electron chi connectivity index (χ1n) is 5.21. The number of unbranched alkanes of at least 4 members (excludes halogenated alkanes) is 1. The SMILES string of the molecule is C#CCCCC(O)c1ccc(C)nc1C. The van der Waals surface area contributed by atoms with Crippen LogP contribution in [-0.2, 0) is 0 Å². The first-order chi connectivity index (χ1) is 7.15. The van der Waals surface area contributed by atoms with Gasteiger partial charge >= 0.3 is 0 Å². The number of aliphatic hydroxyl groups excluding tert-OH is 1. The predicted octanol–water partition coefficient (Wildman–Crippen LogP) is 2.54. The number of pyridine rings is 1. The third-order valence-corrected chi connectivity index (χ3v) is 2.42. The molecular formula is C13H17NO. The van der Waals surface area contributed by atoms with Crippen LogP contribution in [0.2, 0.25) is 0 Å². The molecule has 0 saturated carbocycles. The number of terminal acetylenes is 1. The van der Waals surface area contributed by atoms with Crippen LogP contribution in [0, 0.1) is 26.2 Å². The van der Waals surface area contributed by atoms with E-state index in [-0.39, 0.29) is 0 Å². The largest absolute Gasteiger partial charge is 0.388 e. The molecule has 0 aliphatic heterocycles. The lowest BCUT2D eigenvalue weighted by molar-refractivity contribution is 0.164. The number of aromatic nitrogens is 1. The Labute approximate surface area is 91.4 Å². The first-order valence-corrected chi connectivity index (χ1v) is 5.21. The van der Waals surface area contributed by atoms with E-state index < -0.39 is 6.10 Å². The highest BCUT2D eigenvalue weighted by molar-refractivity contribution is 5.23. The Balaban J connectivity index is 2.66. The Hall–Kier alpha value is -1.33. The molecule has 1 rings (SSSR count). The number of hydrogen-bond donors (Lipinski definition) is 1. The van der Waals surface area contributed by atoms with Gasteiger partial charge in [-0.2, -0.15) is 0 Å². The normalized spacial score (nSPS) is 12.1. The summed E-state index contributed by atoms with van der Waals surface area (Å²) in [6.45, 7) is 3.87. The fourth-order valence-corrected chi connectivity index (χ4v) is 1.60. The van der Waals surface area contributed by atoms with Crippen LogP contribution in [0.3, 0.4) is 0 Å². The summed E-state index contributed by atoms with van der Waals surface area (Å²) in [5, 5.41) is 9.91. The Morgan fingerprint density at radius 1 is 1.47 bits per heavy atom. The molecule has 1 heterocycles. The average Bonchev–Trinajstić information content (AvgIpc) is 2.17. The second-order valence-electron chi connectivity index (χ2n) is 3.74. The molecule has 1 unspecified atom stereocenters. The zero-order valence-corrected chi connectivity index (χ0v) is 9.33. The van der Waals surface area contributed by atoms with E-state index in [0.29, 0.717) is 6.42 Å². The molecule has 0 bridgehead atoms. The lowest BCUT2D eigenvalue weighted by atomic mass is 10.0. The standard InChI is InChI=1S/C13H17NO/c1-4-5-6-7-13(15)12-9-8-10(2)14-11(12)3/h1,8-9,13,15H,5-7H2,2-3H3. The predicted molar refractivity (Wildman–Crippen MR) is 61.4 cm³/mol. The van der Waals surface area contributed by atoms with Crippen LogP contribution in [0.5, 0.6) is 0 Å². The van der Waals surface area contributed by atoms with E-state index in [2.05, 4.69) is 10.9 Å². The van der Waals surface area contributed by atoms with Crippen molar-refractivity contribution in [3.63, 3.8) is 0 Å². The molecule has 0 fully saturated rings. The van der Waals surface area contributed by atoms with Crippen LogP contribution in [0.4, 0.5) is 0 Å². The van der Waals surface area contributed by atoms with E-state index in [9.17, 15) is 5.11 Å². The second kappa shape index (κ2) is 5.53. The fourth-order valence-electron chi connectivity index (χ4n) is 1.60.